The van der Waals surface area contributed by atoms with E-state index >= 15 is 0 Å². The third-order valence-corrected chi connectivity index (χ3v) is 2.23. The van der Waals surface area contributed by atoms with Crippen molar-refractivity contribution in [3.05, 3.63) is 10.4 Å². The van der Waals surface area contributed by atoms with E-state index in [2.05, 4.69) is 10.0 Å². The maximum atomic E-state index is 9.20. The van der Waals surface area contributed by atoms with Crippen molar-refractivity contribution in [1.29, 1.82) is 0 Å². The number of hydrogen-bond acceptors (Lipinski definition) is 5. The lowest BCUT2D eigenvalue weighted by Gasteiger charge is -2.21. The zero-order valence-corrected chi connectivity index (χ0v) is 7.53. The Morgan fingerprint density at radius 3 is 2.87 bits per heavy atom. The molecule has 0 bridgehead atoms. The molecule has 0 aromatic heterocycles. The van der Waals surface area contributed by atoms with E-state index in [1.807, 2.05) is 0 Å². The molecule has 15 heavy (non-hydrogen) atoms. The lowest BCUT2D eigenvalue weighted by Crippen LogP contribution is -2.31. The van der Waals surface area contributed by atoms with Gasteiger partial charge < -0.3 is 19.3 Å². The topological polar surface area (TPSA) is 96.7 Å². The van der Waals surface area contributed by atoms with E-state index in [0.717, 1.165) is 0 Å². The second-order valence-electron chi connectivity index (χ2n) is 3.23. The second-order valence-corrected chi connectivity index (χ2v) is 3.23. The van der Waals surface area contributed by atoms with Crippen molar-refractivity contribution < 1.29 is 27.5 Å². The minimum atomic E-state index is -3.11. The molecule has 2 fully saturated rings. The van der Waals surface area contributed by atoms with Crippen LogP contribution in [0.3, 0.4) is 0 Å². The lowest BCUT2D eigenvalue weighted by atomic mass is 10.1. The fraction of sp³-hybridized carbons (Fsp3) is 1.00. The molecule has 2 rings (SSSR count). The van der Waals surface area contributed by atoms with E-state index in [4.69, 9.17) is 28.0 Å². The van der Waals surface area contributed by atoms with E-state index in [1.54, 1.807) is 0 Å². The zero-order valence-electron chi connectivity index (χ0n) is 13.5. The van der Waals surface area contributed by atoms with Gasteiger partial charge in [-0.2, -0.15) is 0 Å². The zero-order chi connectivity index (χ0) is 16.1. The van der Waals surface area contributed by atoms with Gasteiger partial charge in [-0.25, -0.2) is 0 Å². The third kappa shape index (κ3) is 1.80. The Kier molecular flexibility index (Phi) is 1.32. The summed E-state index contributed by atoms with van der Waals surface area (Å²) >= 11 is 0. The summed E-state index contributed by atoms with van der Waals surface area (Å²) in [5, 5.41) is 12.5. The fourth-order valence-corrected chi connectivity index (χ4v) is 1.68. The van der Waals surface area contributed by atoms with Gasteiger partial charge in [-0.1, -0.05) is 5.11 Å². The van der Waals surface area contributed by atoms with E-state index in [1.165, 1.54) is 0 Å². The number of azide groups is 1. The van der Waals surface area contributed by atoms with Crippen molar-refractivity contribution in [1.82, 2.24) is 0 Å². The first-order valence-electron chi connectivity index (χ1n) is 7.23. The summed E-state index contributed by atoms with van der Waals surface area (Å²) in [6, 6.07) is 0. The molecule has 1 N–H and O–H groups in total. The SMILES string of the molecule is [2H]C([2H])([2H])C1(C([2H])([2H])[2H])O[C@@H]2[C@H](O1)[C@@H](CO)O[C@H]2N=[N+]=[N-]. The average molecular weight is 221 g/mol. The monoisotopic (exact) mass is 221 g/mol. The molecule has 0 aromatic carbocycles. The Hall–Kier alpha value is -0.850. The van der Waals surface area contributed by atoms with Crippen LogP contribution in [-0.2, 0) is 14.2 Å². The molecule has 2 saturated heterocycles. The van der Waals surface area contributed by atoms with Crippen LogP contribution in [0.1, 0.15) is 21.9 Å². The number of ether oxygens (including phenoxy) is 3. The number of aliphatic hydroxyl groups excluding tert-OH is 1. The van der Waals surface area contributed by atoms with Crippen molar-refractivity contribution in [3.63, 3.8) is 0 Å². The Balaban J connectivity index is 2.41. The molecule has 7 heteroatoms. The molecule has 2 aliphatic heterocycles. The molecule has 0 aliphatic carbocycles. The molecule has 0 radical (unpaired) electrons. The van der Waals surface area contributed by atoms with Crippen molar-refractivity contribution in [3.8, 4) is 0 Å². The summed E-state index contributed by atoms with van der Waals surface area (Å²) in [6.45, 7) is -6.78. The fourth-order valence-electron chi connectivity index (χ4n) is 1.68. The van der Waals surface area contributed by atoms with E-state index in [9.17, 15) is 5.11 Å². The van der Waals surface area contributed by atoms with Crippen LogP contribution in [0.2, 0.25) is 0 Å². The summed E-state index contributed by atoms with van der Waals surface area (Å²) in [6.07, 6.45) is -4.70. The highest BCUT2D eigenvalue weighted by molar-refractivity contribution is 4.96. The Morgan fingerprint density at radius 2 is 2.27 bits per heavy atom. The first-order valence-corrected chi connectivity index (χ1v) is 4.23. The largest absolute Gasteiger partial charge is 0.394 e. The first-order chi connectivity index (χ1) is 9.57. The summed E-state index contributed by atoms with van der Waals surface area (Å²) < 4.78 is 60.0. The minimum Gasteiger partial charge on any atom is -0.394 e. The molecule has 0 saturated carbocycles. The molecule has 0 amide bonds. The highest BCUT2D eigenvalue weighted by Gasteiger charge is 2.54. The van der Waals surface area contributed by atoms with Crippen molar-refractivity contribution in [2.24, 2.45) is 5.11 Å². The van der Waals surface area contributed by atoms with E-state index in [0.29, 0.717) is 0 Å². The van der Waals surface area contributed by atoms with Gasteiger partial charge in [-0.15, -0.1) is 0 Å². The van der Waals surface area contributed by atoms with Crippen LogP contribution in [0.15, 0.2) is 5.11 Å². The molecule has 4 atom stereocenters. The van der Waals surface area contributed by atoms with Crippen molar-refractivity contribution >= 4 is 0 Å². The number of rotatable bonds is 2. The van der Waals surface area contributed by atoms with E-state index < -0.39 is 50.6 Å². The van der Waals surface area contributed by atoms with Gasteiger partial charge in [0.25, 0.3) is 0 Å². The highest BCUT2D eigenvalue weighted by Crippen LogP contribution is 2.38. The number of nitrogens with zero attached hydrogens (tertiary/aromatic N) is 3. The van der Waals surface area contributed by atoms with Crippen LogP contribution < -0.4 is 0 Å². The van der Waals surface area contributed by atoms with Crippen LogP contribution in [0.5, 0.6) is 0 Å². The minimum absolute atomic E-state index is 0.569. The van der Waals surface area contributed by atoms with Gasteiger partial charge in [0.15, 0.2) is 12.0 Å². The summed E-state index contributed by atoms with van der Waals surface area (Å²) in [4.78, 5) is 2.52. The number of hydrogen-bond donors (Lipinski definition) is 1. The van der Waals surface area contributed by atoms with Gasteiger partial charge in [0, 0.05) is 13.1 Å². The molecule has 2 heterocycles. The molecule has 0 spiro atoms. The van der Waals surface area contributed by atoms with Crippen LogP contribution in [0.25, 0.3) is 10.4 Å². The Bertz CT molecular complexity index is 448. The molecule has 84 valence electrons. The van der Waals surface area contributed by atoms with Gasteiger partial charge in [0.2, 0.25) is 0 Å². The first kappa shape index (κ1) is 5.47. The van der Waals surface area contributed by atoms with Crippen LogP contribution in [-0.4, -0.2) is 42.0 Å². The van der Waals surface area contributed by atoms with Gasteiger partial charge in [0.1, 0.15) is 18.3 Å². The molecular formula is C8H13N3O4. The average Bonchev–Trinajstić information content (AvgIpc) is 2.86. The van der Waals surface area contributed by atoms with Gasteiger partial charge >= 0.3 is 0 Å². The Morgan fingerprint density at radius 1 is 1.53 bits per heavy atom. The highest BCUT2D eigenvalue weighted by atomic mass is 16.8. The second kappa shape index (κ2) is 3.62. The number of aliphatic hydroxyl groups is 1. The van der Waals surface area contributed by atoms with E-state index in [-0.39, 0.29) is 0 Å². The molecule has 0 unspecified atom stereocenters. The quantitative estimate of drug-likeness (QED) is 0.418. The molecular weight excluding hydrogens is 202 g/mol. The van der Waals surface area contributed by atoms with Gasteiger partial charge in [0.05, 0.1) is 6.61 Å². The Labute approximate surface area is 95.0 Å². The molecule has 0 aromatic rings. The summed E-state index contributed by atoms with van der Waals surface area (Å²) in [5.74, 6) is -2.85. The molecule has 7 nitrogen and oxygen atoms in total. The van der Waals surface area contributed by atoms with Gasteiger partial charge in [-0.05, 0) is 19.2 Å². The van der Waals surface area contributed by atoms with Crippen LogP contribution >= 0.6 is 0 Å². The van der Waals surface area contributed by atoms with Crippen LogP contribution in [0, 0.1) is 0 Å². The summed E-state index contributed by atoms with van der Waals surface area (Å²) in [7, 11) is 0. The summed E-state index contributed by atoms with van der Waals surface area (Å²) in [5.41, 5.74) is 8.45. The maximum Gasteiger partial charge on any atom is 0.165 e. The number of fused-ring (bicyclic) bond motifs is 1. The van der Waals surface area contributed by atoms with Crippen molar-refractivity contribution in [2.75, 3.05) is 6.61 Å². The standard InChI is InChI=1S/C8H13N3O4/c1-8(2)14-5-4(3-12)13-7(10-11-9)6(5)15-8/h4-7,12H,3H2,1-2H3/t4-,5-,6-,7-/m1/s1/i1D3,2D3. The lowest BCUT2D eigenvalue weighted by molar-refractivity contribution is -0.189. The normalized spacial score (nSPS) is 49.9. The van der Waals surface area contributed by atoms with Crippen molar-refractivity contribution in [2.45, 2.75) is 44.0 Å². The molecule has 2 aliphatic rings. The predicted octanol–water partition coefficient (Wildman–Crippen LogP) is 0.534. The maximum absolute atomic E-state index is 9.20. The predicted molar refractivity (Wildman–Crippen MR) is 48.7 cm³/mol. The van der Waals surface area contributed by atoms with Gasteiger partial charge in [-0.3, -0.25) is 0 Å². The third-order valence-electron chi connectivity index (χ3n) is 2.23. The smallest absolute Gasteiger partial charge is 0.165 e. The van der Waals surface area contributed by atoms with Crippen LogP contribution in [0.4, 0.5) is 0 Å².